The topological polar surface area (TPSA) is 57.6 Å². The summed E-state index contributed by atoms with van der Waals surface area (Å²) < 4.78 is 65.5. The third kappa shape index (κ3) is 3.22. The Balaban J connectivity index is 2.36. The van der Waals surface area contributed by atoms with Crippen LogP contribution in [0.3, 0.4) is 0 Å². The summed E-state index contributed by atoms with van der Waals surface area (Å²) in [5, 5.41) is 9.56. The first-order valence-electron chi connectivity index (χ1n) is 6.56. The first kappa shape index (κ1) is 16.3. The highest BCUT2D eigenvalue weighted by Crippen LogP contribution is 2.27. The van der Waals surface area contributed by atoms with Gasteiger partial charge in [-0.05, 0) is 31.7 Å². The lowest BCUT2D eigenvalue weighted by Gasteiger charge is -2.33. The Morgan fingerprint density at radius 3 is 2.48 bits per heavy atom. The number of aliphatic hydroxyl groups is 1. The molecule has 2 atom stereocenters. The van der Waals surface area contributed by atoms with Gasteiger partial charge in [0.2, 0.25) is 10.0 Å². The number of hydrogen-bond acceptors (Lipinski definition) is 3. The number of hydrogen-bond donors (Lipinski definition) is 1. The molecule has 1 aromatic rings. The Labute approximate surface area is 121 Å². The molecule has 1 aromatic carbocycles. The molecule has 1 heterocycles. The number of aliphatic hydroxyl groups excluding tert-OH is 1. The van der Waals surface area contributed by atoms with Gasteiger partial charge in [-0.15, -0.1) is 0 Å². The first-order chi connectivity index (χ1) is 9.73. The quantitative estimate of drug-likeness (QED) is 0.864. The molecular formula is C13H16F3NO3S. The lowest BCUT2D eigenvalue weighted by atomic mass is 9.95. The van der Waals surface area contributed by atoms with Gasteiger partial charge in [0.25, 0.3) is 0 Å². The number of benzene rings is 1. The smallest absolute Gasteiger partial charge is 0.246 e. The molecule has 0 aromatic heterocycles. The second-order valence-electron chi connectivity index (χ2n) is 5.20. The van der Waals surface area contributed by atoms with Gasteiger partial charge >= 0.3 is 0 Å². The maximum atomic E-state index is 13.7. The predicted molar refractivity (Wildman–Crippen MR) is 69.5 cm³/mol. The van der Waals surface area contributed by atoms with Crippen molar-refractivity contribution in [3.05, 3.63) is 29.6 Å². The van der Waals surface area contributed by atoms with Crippen LogP contribution < -0.4 is 0 Å². The summed E-state index contributed by atoms with van der Waals surface area (Å²) in [6.07, 6.45) is 0.474. The van der Waals surface area contributed by atoms with Crippen LogP contribution in [0.5, 0.6) is 0 Å². The van der Waals surface area contributed by atoms with E-state index in [9.17, 15) is 26.7 Å². The van der Waals surface area contributed by atoms with Crippen molar-refractivity contribution in [3.63, 3.8) is 0 Å². The van der Waals surface area contributed by atoms with Crippen LogP contribution in [0.15, 0.2) is 17.0 Å². The lowest BCUT2D eigenvalue weighted by molar-refractivity contribution is 0.0884. The first-order valence-corrected chi connectivity index (χ1v) is 8.00. The van der Waals surface area contributed by atoms with Gasteiger partial charge in [-0.1, -0.05) is 0 Å². The minimum absolute atomic E-state index is 0.0262. The third-order valence-corrected chi connectivity index (χ3v) is 5.58. The van der Waals surface area contributed by atoms with Crippen molar-refractivity contribution in [2.45, 2.75) is 30.8 Å². The molecule has 0 radical (unpaired) electrons. The summed E-state index contributed by atoms with van der Waals surface area (Å²) in [4.78, 5) is -0.882. The van der Waals surface area contributed by atoms with Crippen LogP contribution in [-0.2, 0) is 10.0 Å². The highest BCUT2D eigenvalue weighted by molar-refractivity contribution is 7.89. The van der Waals surface area contributed by atoms with Crippen molar-refractivity contribution >= 4 is 10.0 Å². The van der Waals surface area contributed by atoms with Gasteiger partial charge in [0, 0.05) is 19.2 Å². The summed E-state index contributed by atoms with van der Waals surface area (Å²) in [6, 6.07) is 0.574. The Bertz CT molecular complexity index is 634. The molecule has 4 nitrogen and oxygen atoms in total. The zero-order valence-corrected chi connectivity index (χ0v) is 12.2. The molecule has 0 saturated carbocycles. The minimum Gasteiger partial charge on any atom is -0.393 e. The Kier molecular flexibility index (Phi) is 4.60. The highest BCUT2D eigenvalue weighted by atomic mass is 32.2. The second kappa shape index (κ2) is 5.94. The Morgan fingerprint density at radius 1 is 1.24 bits per heavy atom. The van der Waals surface area contributed by atoms with E-state index in [1.807, 2.05) is 0 Å². The Hall–Kier alpha value is -1.12. The van der Waals surface area contributed by atoms with Crippen LogP contribution in [0.1, 0.15) is 19.8 Å². The van der Waals surface area contributed by atoms with E-state index in [1.165, 1.54) is 0 Å². The van der Waals surface area contributed by atoms with Crippen molar-refractivity contribution in [2.24, 2.45) is 5.92 Å². The minimum atomic E-state index is -4.26. The van der Waals surface area contributed by atoms with Crippen molar-refractivity contribution in [1.29, 1.82) is 0 Å². The second-order valence-corrected chi connectivity index (χ2v) is 7.11. The van der Waals surface area contributed by atoms with E-state index in [0.29, 0.717) is 18.9 Å². The molecule has 0 bridgehead atoms. The average Bonchev–Trinajstić information content (AvgIpc) is 2.42. The summed E-state index contributed by atoms with van der Waals surface area (Å²) in [5.74, 6) is -4.44. The van der Waals surface area contributed by atoms with Gasteiger partial charge in [-0.25, -0.2) is 21.6 Å². The zero-order valence-electron chi connectivity index (χ0n) is 11.4. The van der Waals surface area contributed by atoms with Gasteiger partial charge in [-0.3, -0.25) is 0 Å². The molecule has 0 aliphatic carbocycles. The number of rotatable bonds is 3. The van der Waals surface area contributed by atoms with E-state index >= 15 is 0 Å². The number of piperidine rings is 1. The van der Waals surface area contributed by atoms with Crippen molar-refractivity contribution in [1.82, 2.24) is 4.31 Å². The molecule has 21 heavy (non-hydrogen) atoms. The highest BCUT2D eigenvalue weighted by Gasteiger charge is 2.34. The van der Waals surface area contributed by atoms with Crippen molar-refractivity contribution < 1.29 is 26.7 Å². The lowest BCUT2D eigenvalue weighted by Crippen LogP contribution is -2.43. The maximum Gasteiger partial charge on any atom is 0.246 e. The number of nitrogens with zero attached hydrogens (tertiary/aromatic N) is 1. The maximum absolute atomic E-state index is 13.7. The fourth-order valence-corrected chi connectivity index (χ4v) is 4.02. The van der Waals surface area contributed by atoms with E-state index in [2.05, 4.69) is 0 Å². The molecule has 1 fully saturated rings. The average molecular weight is 323 g/mol. The molecule has 1 saturated heterocycles. The SMILES string of the molecule is CC(O)C1CCCN(S(=O)(=O)c2cc(F)c(F)cc2F)C1. The van der Waals surface area contributed by atoms with E-state index in [0.717, 1.165) is 4.31 Å². The molecule has 2 unspecified atom stereocenters. The largest absolute Gasteiger partial charge is 0.393 e. The molecule has 1 aliphatic heterocycles. The summed E-state index contributed by atoms with van der Waals surface area (Å²) in [7, 11) is -4.26. The van der Waals surface area contributed by atoms with Crippen molar-refractivity contribution in [3.8, 4) is 0 Å². The molecular weight excluding hydrogens is 307 g/mol. The van der Waals surface area contributed by atoms with Crippen LogP contribution in [0, 0.1) is 23.4 Å². The summed E-state index contributed by atoms with van der Waals surface area (Å²) in [5.41, 5.74) is 0. The van der Waals surface area contributed by atoms with Crippen LogP contribution in [-0.4, -0.2) is 37.0 Å². The zero-order chi connectivity index (χ0) is 15.8. The molecule has 8 heteroatoms. The molecule has 1 aliphatic rings. The molecule has 2 rings (SSSR count). The number of halogens is 3. The molecule has 0 spiro atoms. The fraction of sp³-hybridized carbons (Fsp3) is 0.538. The van der Waals surface area contributed by atoms with Crippen LogP contribution in [0.2, 0.25) is 0 Å². The standard InChI is InChI=1S/C13H16F3NO3S/c1-8(18)9-3-2-4-17(7-9)21(19,20)13-6-11(15)10(14)5-12(13)16/h5-6,8-9,18H,2-4,7H2,1H3. The van der Waals surface area contributed by atoms with E-state index in [-0.39, 0.29) is 25.1 Å². The molecule has 0 amide bonds. The van der Waals surface area contributed by atoms with Crippen LogP contribution in [0.4, 0.5) is 13.2 Å². The Morgan fingerprint density at radius 2 is 1.86 bits per heavy atom. The monoisotopic (exact) mass is 323 g/mol. The molecule has 1 N–H and O–H groups in total. The third-order valence-electron chi connectivity index (χ3n) is 3.70. The van der Waals surface area contributed by atoms with E-state index in [1.54, 1.807) is 6.92 Å². The summed E-state index contributed by atoms with van der Waals surface area (Å²) >= 11 is 0. The number of sulfonamides is 1. The normalized spacial score (nSPS) is 22.2. The van der Waals surface area contributed by atoms with E-state index < -0.39 is 38.5 Å². The van der Waals surface area contributed by atoms with Crippen LogP contribution in [0.25, 0.3) is 0 Å². The van der Waals surface area contributed by atoms with Gasteiger partial charge in [-0.2, -0.15) is 4.31 Å². The fourth-order valence-electron chi connectivity index (χ4n) is 2.43. The van der Waals surface area contributed by atoms with E-state index in [4.69, 9.17) is 0 Å². The van der Waals surface area contributed by atoms with Gasteiger partial charge in [0.05, 0.1) is 6.10 Å². The predicted octanol–water partition coefficient (Wildman–Crippen LogP) is 1.89. The van der Waals surface area contributed by atoms with Crippen molar-refractivity contribution in [2.75, 3.05) is 13.1 Å². The molecule has 118 valence electrons. The van der Waals surface area contributed by atoms with Gasteiger partial charge in [0.15, 0.2) is 11.6 Å². The van der Waals surface area contributed by atoms with Gasteiger partial charge in [0.1, 0.15) is 10.7 Å². The van der Waals surface area contributed by atoms with Crippen LogP contribution >= 0.6 is 0 Å². The summed E-state index contributed by atoms with van der Waals surface area (Å²) in [6.45, 7) is 1.74. The van der Waals surface area contributed by atoms with Gasteiger partial charge < -0.3 is 5.11 Å².